The number of aryl methyl sites for hydroxylation is 1. The molecular formula is C25H34N2O. The summed E-state index contributed by atoms with van der Waals surface area (Å²) in [7, 11) is 0. The van der Waals surface area contributed by atoms with Crippen molar-refractivity contribution in [2.24, 2.45) is 16.3 Å². The van der Waals surface area contributed by atoms with Gasteiger partial charge in [-0.3, -0.25) is 9.79 Å². The molecule has 1 aliphatic heterocycles. The summed E-state index contributed by atoms with van der Waals surface area (Å²) in [5.41, 5.74) is 3.53. The Bertz CT molecular complexity index is 817. The van der Waals surface area contributed by atoms with Crippen LogP contribution < -0.4 is 0 Å². The van der Waals surface area contributed by atoms with Gasteiger partial charge < -0.3 is 4.90 Å². The zero-order chi connectivity index (χ0) is 20.5. The smallest absolute Gasteiger partial charge is 0.274 e. The third-order valence-corrected chi connectivity index (χ3v) is 6.34. The average molecular weight is 379 g/mol. The number of benzene rings is 1. The van der Waals surface area contributed by atoms with Crippen molar-refractivity contribution in [1.82, 2.24) is 4.90 Å². The molecule has 1 saturated carbocycles. The SMILES string of the molecule is C=C(C=CC)CN1C(=O)C(c2cccc(C)c2)=NC12CCC(C(C)(C)C)CC2. The van der Waals surface area contributed by atoms with Crippen molar-refractivity contribution in [1.29, 1.82) is 0 Å². The molecule has 0 saturated heterocycles. The second kappa shape index (κ2) is 7.69. The second-order valence-electron chi connectivity index (χ2n) is 9.50. The van der Waals surface area contributed by atoms with Crippen LogP contribution >= 0.6 is 0 Å². The second-order valence-corrected chi connectivity index (χ2v) is 9.50. The standard InChI is InChI=1S/C25H34N2O/c1-7-9-19(3)17-27-23(28)22(20-11-8-10-18(2)16-20)26-25(27)14-12-21(13-15-25)24(4,5)6/h7-11,16,21H,3,12-15,17H2,1-2,4-6H3. The number of hydrogen-bond acceptors (Lipinski definition) is 2. The van der Waals surface area contributed by atoms with Gasteiger partial charge in [0.1, 0.15) is 11.4 Å². The molecule has 1 amide bonds. The van der Waals surface area contributed by atoms with Gasteiger partial charge in [0.2, 0.25) is 0 Å². The summed E-state index contributed by atoms with van der Waals surface area (Å²) in [6.07, 6.45) is 8.04. The number of nitrogens with zero attached hydrogens (tertiary/aromatic N) is 2. The first kappa shape index (κ1) is 20.6. The molecule has 3 nitrogen and oxygen atoms in total. The third-order valence-electron chi connectivity index (χ3n) is 6.34. The van der Waals surface area contributed by atoms with Crippen LogP contribution in [0, 0.1) is 18.3 Å². The van der Waals surface area contributed by atoms with Crippen molar-refractivity contribution in [2.45, 2.75) is 66.0 Å². The van der Waals surface area contributed by atoms with Crippen LogP contribution in [0.2, 0.25) is 0 Å². The Morgan fingerprint density at radius 1 is 1.32 bits per heavy atom. The molecule has 3 heteroatoms. The highest BCUT2D eigenvalue weighted by Gasteiger charge is 2.49. The van der Waals surface area contributed by atoms with Crippen molar-refractivity contribution >= 4 is 11.6 Å². The van der Waals surface area contributed by atoms with Gasteiger partial charge in [-0.1, -0.05) is 63.3 Å². The van der Waals surface area contributed by atoms with Gasteiger partial charge in [-0.05, 0) is 62.5 Å². The monoisotopic (exact) mass is 378 g/mol. The number of carbonyl (C=O) groups is 1. The van der Waals surface area contributed by atoms with Gasteiger partial charge >= 0.3 is 0 Å². The van der Waals surface area contributed by atoms with Crippen LogP contribution in [0.4, 0.5) is 0 Å². The molecule has 0 bridgehead atoms. The molecule has 3 rings (SSSR count). The molecule has 0 atom stereocenters. The van der Waals surface area contributed by atoms with E-state index < -0.39 is 5.66 Å². The Labute approximate surface area is 170 Å². The molecule has 1 aromatic carbocycles. The van der Waals surface area contributed by atoms with Crippen molar-refractivity contribution < 1.29 is 4.79 Å². The predicted molar refractivity (Wildman–Crippen MR) is 118 cm³/mol. The van der Waals surface area contributed by atoms with Crippen molar-refractivity contribution in [3.63, 3.8) is 0 Å². The van der Waals surface area contributed by atoms with E-state index in [2.05, 4.69) is 46.4 Å². The zero-order valence-electron chi connectivity index (χ0n) is 18.1. The highest BCUT2D eigenvalue weighted by atomic mass is 16.2. The van der Waals surface area contributed by atoms with E-state index in [4.69, 9.17) is 4.99 Å². The molecule has 28 heavy (non-hydrogen) atoms. The maximum Gasteiger partial charge on any atom is 0.274 e. The fraction of sp³-hybridized carbons (Fsp3) is 0.520. The predicted octanol–water partition coefficient (Wildman–Crippen LogP) is 5.69. The van der Waals surface area contributed by atoms with Crippen LogP contribution in [0.25, 0.3) is 0 Å². The number of amides is 1. The first-order valence-electron chi connectivity index (χ1n) is 10.5. The van der Waals surface area contributed by atoms with Crippen LogP contribution in [-0.2, 0) is 4.79 Å². The lowest BCUT2D eigenvalue weighted by molar-refractivity contribution is -0.128. The third kappa shape index (κ3) is 3.99. The topological polar surface area (TPSA) is 32.7 Å². The van der Waals surface area contributed by atoms with E-state index in [0.717, 1.165) is 42.4 Å². The van der Waals surface area contributed by atoms with Gasteiger partial charge in [0.15, 0.2) is 0 Å². The number of aliphatic imine (C=N–C) groups is 1. The van der Waals surface area contributed by atoms with E-state index in [1.165, 1.54) is 0 Å². The molecule has 0 N–H and O–H groups in total. The van der Waals surface area contributed by atoms with E-state index in [9.17, 15) is 4.79 Å². The summed E-state index contributed by atoms with van der Waals surface area (Å²) >= 11 is 0. The molecular weight excluding hydrogens is 344 g/mol. The molecule has 1 aliphatic carbocycles. The van der Waals surface area contributed by atoms with Crippen molar-refractivity contribution in [2.75, 3.05) is 6.54 Å². The van der Waals surface area contributed by atoms with E-state index in [-0.39, 0.29) is 5.91 Å². The minimum atomic E-state index is -0.414. The van der Waals surface area contributed by atoms with Crippen LogP contribution in [0.15, 0.2) is 53.6 Å². The highest BCUT2D eigenvalue weighted by molar-refractivity contribution is 6.46. The van der Waals surface area contributed by atoms with E-state index >= 15 is 0 Å². The van der Waals surface area contributed by atoms with E-state index in [1.54, 1.807) is 0 Å². The van der Waals surface area contributed by atoms with Gasteiger partial charge in [-0.25, -0.2) is 0 Å². The van der Waals surface area contributed by atoms with Gasteiger partial charge in [0.25, 0.3) is 5.91 Å². The molecule has 0 aromatic heterocycles. The summed E-state index contributed by atoms with van der Waals surface area (Å²) in [5.74, 6) is 0.720. The first-order valence-corrected chi connectivity index (χ1v) is 10.5. The Morgan fingerprint density at radius 2 is 2.00 bits per heavy atom. The lowest BCUT2D eigenvalue weighted by Crippen LogP contribution is -2.50. The molecule has 2 aliphatic rings. The van der Waals surface area contributed by atoms with Crippen LogP contribution in [-0.4, -0.2) is 28.7 Å². The molecule has 1 fully saturated rings. The Hall–Kier alpha value is -2.16. The Kier molecular flexibility index (Phi) is 5.65. The normalized spacial score (nSPS) is 25.6. The highest BCUT2D eigenvalue weighted by Crippen LogP contribution is 2.46. The Balaban J connectivity index is 1.95. The maximum absolute atomic E-state index is 13.4. The maximum atomic E-state index is 13.4. The summed E-state index contributed by atoms with van der Waals surface area (Å²) in [5, 5.41) is 0. The minimum absolute atomic E-state index is 0.0467. The average Bonchev–Trinajstić information content (AvgIpc) is 2.88. The quantitative estimate of drug-likeness (QED) is 0.619. The lowest BCUT2D eigenvalue weighted by atomic mass is 9.69. The van der Waals surface area contributed by atoms with Gasteiger partial charge in [0.05, 0.1) is 0 Å². The van der Waals surface area contributed by atoms with Gasteiger partial charge in [-0.2, -0.15) is 0 Å². The van der Waals surface area contributed by atoms with E-state index in [0.29, 0.717) is 23.6 Å². The summed E-state index contributed by atoms with van der Waals surface area (Å²) in [6, 6.07) is 8.13. The first-order chi connectivity index (χ1) is 13.2. The molecule has 0 unspecified atom stereocenters. The minimum Gasteiger partial charge on any atom is -0.308 e. The Morgan fingerprint density at radius 3 is 2.57 bits per heavy atom. The lowest BCUT2D eigenvalue weighted by Gasteiger charge is -2.45. The van der Waals surface area contributed by atoms with Crippen molar-refractivity contribution in [3.8, 4) is 0 Å². The molecule has 150 valence electrons. The fourth-order valence-corrected chi connectivity index (χ4v) is 4.65. The van der Waals surface area contributed by atoms with Crippen LogP contribution in [0.3, 0.4) is 0 Å². The van der Waals surface area contributed by atoms with Gasteiger partial charge in [-0.15, -0.1) is 0 Å². The van der Waals surface area contributed by atoms with Crippen LogP contribution in [0.5, 0.6) is 0 Å². The molecule has 1 spiro atoms. The molecule has 1 heterocycles. The summed E-state index contributed by atoms with van der Waals surface area (Å²) in [4.78, 5) is 20.5. The largest absolute Gasteiger partial charge is 0.308 e. The number of hydrogen-bond donors (Lipinski definition) is 0. The van der Waals surface area contributed by atoms with E-state index in [1.807, 2.05) is 36.1 Å². The number of carbonyl (C=O) groups excluding carboxylic acids is 1. The summed E-state index contributed by atoms with van der Waals surface area (Å²) in [6.45, 7) is 15.7. The molecule has 0 radical (unpaired) electrons. The van der Waals surface area contributed by atoms with Crippen molar-refractivity contribution in [3.05, 3.63) is 59.7 Å². The molecule has 1 aromatic rings. The van der Waals surface area contributed by atoms with Gasteiger partial charge in [0, 0.05) is 12.1 Å². The number of allylic oxidation sites excluding steroid dienone is 1. The number of rotatable bonds is 4. The van der Waals surface area contributed by atoms with Crippen LogP contribution in [0.1, 0.15) is 64.5 Å². The fourth-order valence-electron chi connectivity index (χ4n) is 4.65. The summed E-state index contributed by atoms with van der Waals surface area (Å²) < 4.78 is 0. The zero-order valence-corrected chi connectivity index (χ0v) is 18.1.